The molecule has 2 aromatic heterocycles. The molecule has 0 bridgehead atoms. The van der Waals surface area contributed by atoms with Crippen molar-refractivity contribution in [2.24, 2.45) is 5.16 Å². The van der Waals surface area contributed by atoms with Crippen LogP contribution in [0.4, 0.5) is 4.39 Å². The topological polar surface area (TPSA) is 52.3 Å². The van der Waals surface area contributed by atoms with E-state index >= 15 is 0 Å². The third kappa shape index (κ3) is 4.52. The molecule has 3 aromatic rings. The number of rotatable bonds is 4. The number of benzene rings is 1. The van der Waals surface area contributed by atoms with Crippen LogP contribution >= 0.6 is 0 Å². The van der Waals surface area contributed by atoms with Gasteiger partial charge in [-0.15, -0.1) is 0 Å². The van der Waals surface area contributed by atoms with E-state index in [4.69, 9.17) is 4.84 Å². The molecule has 0 radical (unpaired) electrons. The van der Waals surface area contributed by atoms with Crippen molar-refractivity contribution in [3.8, 4) is 11.8 Å². The van der Waals surface area contributed by atoms with E-state index in [-0.39, 0.29) is 5.82 Å². The highest BCUT2D eigenvalue weighted by atomic mass is 19.1. The molecule has 0 amide bonds. The van der Waals surface area contributed by atoms with Crippen molar-refractivity contribution in [3.05, 3.63) is 84.0 Å². The van der Waals surface area contributed by atoms with Crippen molar-refractivity contribution < 1.29 is 9.23 Å². The molecule has 0 aliphatic heterocycles. The summed E-state index contributed by atoms with van der Waals surface area (Å²) in [5.74, 6) is 5.62. The first-order valence-electron chi connectivity index (χ1n) is 7.54. The summed E-state index contributed by atoms with van der Waals surface area (Å²) < 4.78 is 14.8. The molecule has 0 aliphatic rings. The molecule has 25 heavy (non-hydrogen) atoms. The van der Waals surface area contributed by atoms with Gasteiger partial charge in [0.15, 0.2) is 0 Å². The zero-order valence-electron chi connectivity index (χ0n) is 13.6. The van der Waals surface area contributed by atoms with Gasteiger partial charge in [-0.25, -0.2) is 14.4 Å². The molecule has 5 nitrogen and oxygen atoms in total. The van der Waals surface area contributed by atoms with Gasteiger partial charge >= 0.3 is 0 Å². The maximum absolute atomic E-state index is 12.9. The lowest BCUT2D eigenvalue weighted by Crippen LogP contribution is -2.11. The Kier molecular flexibility index (Phi) is 5.17. The highest BCUT2D eigenvalue weighted by molar-refractivity contribution is 5.99. The third-order valence-corrected chi connectivity index (χ3v) is 3.37. The average molecular weight is 334 g/mol. The first-order valence-corrected chi connectivity index (χ1v) is 7.54. The molecular formula is C19H15FN4O. The van der Waals surface area contributed by atoms with E-state index in [1.165, 1.54) is 19.2 Å². The summed E-state index contributed by atoms with van der Waals surface area (Å²) >= 11 is 0. The second-order valence-corrected chi connectivity index (χ2v) is 5.14. The molecule has 0 spiro atoms. The number of hydrogen-bond donors (Lipinski definition) is 0. The van der Waals surface area contributed by atoms with Crippen LogP contribution in [0, 0.1) is 17.7 Å². The SMILES string of the molecule is CO/N=C(\Cn1ccnc1)c1ccc(C#Cc2ccc(F)cc2)nc1. The summed E-state index contributed by atoms with van der Waals surface area (Å²) in [5.41, 5.74) is 2.91. The van der Waals surface area contributed by atoms with Crippen LogP contribution in [-0.2, 0) is 11.4 Å². The lowest BCUT2D eigenvalue weighted by molar-refractivity contribution is 0.212. The van der Waals surface area contributed by atoms with Gasteiger partial charge in [-0.2, -0.15) is 0 Å². The quantitative estimate of drug-likeness (QED) is 0.419. The smallest absolute Gasteiger partial charge is 0.123 e. The Morgan fingerprint density at radius 1 is 1.20 bits per heavy atom. The van der Waals surface area contributed by atoms with E-state index in [1.807, 2.05) is 22.9 Å². The fourth-order valence-corrected chi connectivity index (χ4v) is 2.14. The minimum Gasteiger partial charge on any atom is -0.399 e. The van der Waals surface area contributed by atoms with Crippen LogP contribution < -0.4 is 0 Å². The van der Waals surface area contributed by atoms with Crippen molar-refractivity contribution in [2.75, 3.05) is 7.11 Å². The zero-order valence-corrected chi connectivity index (χ0v) is 13.6. The van der Waals surface area contributed by atoms with Crippen molar-refractivity contribution in [2.45, 2.75) is 6.54 Å². The van der Waals surface area contributed by atoms with Crippen molar-refractivity contribution in [1.29, 1.82) is 0 Å². The van der Waals surface area contributed by atoms with E-state index in [9.17, 15) is 4.39 Å². The lowest BCUT2D eigenvalue weighted by Gasteiger charge is -2.06. The molecule has 1 aromatic carbocycles. The van der Waals surface area contributed by atoms with Gasteiger partial charge in [0.25, 0.3) is 0 Å². The number of pyridine rings is 1. The summed E-state index contributed by atoms with van der Waals surface area (Å²) in [7, 11) is 1.50. The van der Waals surface area contributed by atoms with Crippen molar-refractivity contribution in [3.63, 3.8) is 0 Å². The number of oxime groups is 1. The lowest BCUT2D eigenvalue weighted by atomic mass is 10.1. The fraction of sp³-hybridized carbons (Fsp3) is 0.105. The van der Waals surface area contributed by atoms with Gasteiger partial charge in [0.05, 0.1) is 12.9 Å². The second-order valence-electron chi connectivity index (χ2n) is 5.14. The predicted octanol–water partition coefficient (Wildman–Crippen LogP) is 2.87. The molecule has 0 saturated carbocycles. The summed E-state index contributed by atoms with van der Waals surface area (Å²) in [5, 5.41) is 4.06. The maximum atomic E-state index is 12.9. The first-order chi connectivity index (χ1) is 12.2. The van der Waals surface area contributed by atoms with Gasteiger partial charge < -0.3 is 9.40 Å². The monoisotopic (exact) mass is 334 g/mol. The van der Waals surface area contributed by atoms with E-state index in [0.717, 1.165) is 16.8 Å². The van der Waals surface area contributed by atoms with E-state index in [1.54, 1.807) is 30.9 Å². The van der Waals surface area contributed by atoms with E-state index < -0.39 is 0 Å². The molecule has 3 rings (SSSR count). The Balaban J connectivity index is 1.76. The Morgan fingerprint density at radius 3 is 2.68 bits per heavy atom. The highest BCUT2D eigenvalue weighted by Crippen LogP contribution is 2.06. The van der Waals surface area contributed by atoms with Crippen LogP contribution in [-0.4, -0.2) is 27.4 Å². The van der Waals surface area contributed by atoms with Crippen molar-refractivity contribution in [1.82, 2.24) is 14.5 Å². The number of aromatic nitrogens is 3. The minimum absolute atomic E-state index is 0.282. The summed E-state index contributed by atoms with van der Waals surface area (Å²) in [6.45, 7) is 0.524. The normalized spacial score (nSPS) is 10.9. The van der Waals surface area contributed by atoms with Gasteiger partial charge in [0.1, 0.15) is 24.3 Å². The second kappa shape index (κ2) is 7.88. The maximum Gasteiger partial charge on any atom is 0.123 e. The Bertz CT molecular complexity index is 905. The largest absolute Gasteiger partial charge is 0.399 e. The van der Waals surface area contributed by atoms with Crippen LogP contribution in [0.5, 0.6) is 0 Å². The van der Waals surface area contributed by atoms with Crippen LogP contribution in [0.3, 0.4) is 0 Å². The first kappa shape index (κ1) is 16.4. The average Bonchev–Trinajstić information content (AvgIpc) is 3.15. The van der Waals surface area contributed by atoms with Gasteiger partial charge in [-0.1, -0.05) is 11.1 Å². The summed E-state index contributed by atoms with van der Waals surface area (Å²) in [4.78, 5) is 13.3. The highest BCUT2D eigenvalue weighted by Gasteiger charge is 2.06. The van der Waals surface area contributed by atoms with Crippen LogP contribution in [0.1, 0.15) is 16.8 Å². The van der Waals surface area contributed by atoms with Crippen molar-refractivity contribution >= 4 is 5.71 Å². The Labute approximate surface area is 144 Å². The van der Waals surface area contributed by atoms with Gasteiger partial charge in [-0.05, 0) is 42.3 Å². The zero-order chi connectivity index (χ0) is 17.5. The summed E-state index contributed by atoms with van der Waals surface area (Å²) in [6, 6.07) is 9.71. The van der Waals surface area contributed by atoms with Crippen LogP contribution in [0.25, 0.3) is 0 Å². The Hall–Kier alpha value is -3.46. The molecule has 0 fully saturated rings. The van der Waals surface area contributed by atoms with E-state index in [0.29, 0.717) is 12.2 Å². The molecule has 124 valence electrons. The van der Waals surface area contributed by atoms with Crippen LogP contribution in [0.15, 0.2) is 66.5 Å². The standard InChI is InChI=1S/C19H15FN4O/c1-25-23-19(13-24-11-10-21-14-24)16-5-9-18(22-12-16)8-4-15-2-6-17(20)7-3-15/h2-3,5-7,9-12,14H,13H2,1H3/b23-19+. The van der Waals surface area contributed by atoms with Crippen LogP contribution in [0.2, 0.25) is 0 Å². The van der Waals surface area contributed by atoms with E-state index in [2.05, 4.69) is 27.0 Å². The minimum atomic E-state index is -0.282. The number of hydrogen-bond acceptors (Lipinski definition) is 4. The fourth-order valence-electron chi connectivity index (χ4n) is 2.14. The van der Waals surface area contributed by atoms with Gasteiger partial charge in [0, 0.05) is 29.7 Å². The number of halogens is 1. The molecule has 6 heteroatoms. The molecule has 0 atom stereocenters. The molecule has 2 heterocycles. The molecule has 0 saturated heterocycles. The summed E-state index contributed by atoms with van der Waals surface area (Å²) in [6.07, 6.45) is 6.96. The third-order valence-electron chi connectivity index (χ3n) is 3.37. The molecule has 0 aliphatic carbocycles. The predicted molar refractivity (Wildman–Crippen MR) is 92.4 cm³/mol. The molecular weight excluding hydrogens is 319 g/mol. The number of nitrogens with zero attached hydrogens (tertiary/aromatic N) is 4. The molecule has 0 unspecified atom stereocenters. The molecule has 0 N–H and O–H groups in total. The number of imidazole rings is 1. The Morgan fingerprint density at radius 2 is 2.04 bits per heavy atom. The van der Waals surface area contributed by atoms with Gasteiger partial charge in [0.2, 0.25) is 0 Å². The van der Waals surface area contributed by atoms with Gasteiger partial charge in [-0.3, -0.25) is 0 Å².